The summed E-state index contributed by atoms with van der Waals surface area (Å²) in [6, 6.07) is 12.6. The summed E-state index contributed by atoms with van der Waals surface area (Å²) in [5.74, 6) is -0.197. The summed E-state index contributed by atoms with van der Waals surface area (Å²) in [5, 5.41) is 2.86. The first-order valence-corrected chi connectivity index (χ1v) is 7.47. The molecule has 21 heavy (non-hydrogen) atoms. The number of anilines is 1. The fraction of sp³-hybridized carbons (Fsp3) is 0. The average Bonchev–Trinajstić information content (AvgIpc) is 2.95. The highest BCUT2D eigenvalue weighted by atomic mass is 32.1. The molecule has 0 fully saturated rings. The lowest BCUT2D eigenvalue weighted by Crippen LogP contribution is -2.14. The van der Waals surface area contributed by atoms with Crippen molar-refractivity contribution < 1.29 is 4.79 Å². The summed E-state index contributed by atoms with van der Waals surface area (Å²) in [7, 11) is 0. The summed E-state index contributed by atoms with van der Waals surface area (Å²) in [5.41, 5.74) is 10.2. The molecule has 2 aromatic carbocycles. The molecule has 1 aromatic heterocycles. The first-order valence-electron chi connectivity index (χ1n) is 6.18. The van der Waals surface area contributed by atoms with Crippen molar-refractivity contribution in [2.24, 2.45) is 5.73 Å². The third-order valence-electron chi connectivity index (χ3n) is 3.00. The van der Waals surface area contributed by atoms with Gasteiger partial charge in [0.25, 0.3) is 5.91 Å². The second-order valence-electron chi connectivity index (χ2n) is 4.43. The molecule has 0 aliphatic heterocycles. The van der Waals surface area contributed by atoms with Crippen molar-refractivity contribution in [3.8, 4) is 0 Å². The van der Waals surface area contributed by atoms with Gasteiger partial charge in [0.05, 0.1) is 15.7 Å². The van der Waals surface area contributed by atoms with E-state index in [0.717, 1.165) is 15.9 Å². The van der Waals surface area contributed by atoms with Gasteiger partial charge in [0, 0.05) is 16.8 Å². The zero-order valence-corrected chi connectivity index (χ0v) is 12.5. The largest absolute Gasteiger partial charge is 0.389 e. The Morgan fingerprint density at radius 3 is 2.81 bits per heavy atom. The highest BCUT2D eigenvalue weighted by Gasteiger charge is 2.08. The second kappa shape index (κ2) is 5.59. The van der Waals surface area contributed by atoms with Gasteiger partial charge in [-0.3, -0.25) is 4.79 Å². The van der Waals surface area contributed by atoms with Gasteiger partial charge in [0.1, 0.15) is 4.99 Å². The number of amides is 1. The molecule has 3 aromatic rings. The number of carbonyl (C=O) groups excluding carboxylic acids is 1. The van der Waals surface area contributed by atoms with Crippen molar-refractivity contribution in [2.45, 2.75) is 0 Å². The van der Waals surface area contributed by atoms with Gasteiger partial charge in [-0.25, -0.2) is 4.98 Å². The third kappa shape index (κ3) is 2.91. The molecule has 3 N–H and O–H groups in total. The summed E-state index contributed by atoms with van der Waals surface area (Å²) < 4.78 is 1.03. The number of carbonyl (C=O) groups is 1. The molecule has 4 nitrogen and oxygen atoms in total. The van der Waals surface area contributed by atoms with Crippen LogP contribution in [0.25, 0.3) is 10.2 Å². The topological polar surface area (TPSA) is 68.0 Å². The predicted molar refractivity (Wildman–Crippen MR) is 89.9 cm³/mol. The van der Waals surface area contributed by atoms with Crippen LogP contribution in [-0.2, 0) is 0 Å². The highest BCUT2D eigenvalue weighted by Crippen LogP contribution is 2.22. The average molecular weight is 313 g/mol. The number of nitrogens with zero attached hydrogens (tertiary/aromatic N) is 1. The monoisotopic (exact) mass is 313 g/mol. The first-order chi connectivity index (χ1) is 10.1. The number of hydrogen-bond acceptors (Lipinski definition) is 4. The van der Waals surface area contributed by atoms with Crippen LogP contribution in [0.1, 0.15) is 15.9 Å². The maximum atomic E-state index is 12.3. The lowest BCUT2D eigenvalue weighted by Gasteiger charge is -2.06. The molecule has 0 unspecified atom stereocenters. The van der Waals surface area contributed by atoms with E-state index in [1.54, 1.807) is 29.8 Å². The summed E-state index contributed by atoms with van der Waals surface area (Å²) in [4.78, 5) is 16.7. The van der Waals surface area contributed by atoms with Crippen molar-refractivity contribution in [2.75, 3.05) is 5.32 Å². The number of nitrogens with two attached hydrogens (primary N) is 1. The molecule has 0 aliphatic rings. The quantitative estimate of drug-likeness (QED) is 0.729. The Kier molecular flexibility index (Phi) is 3.64. The van der Waals surface area contributed by atoms with Crippen LogP contribution in [-0.4, -0.2) is 15.9 Å². The van der Waals surface area contributed by atoms with Crippen LogP contribution in [0.5, 0.6) is 0 Å². The summed E-state index contributed by atoms with van der Waals surface area (Å²) in [6.45, 7) is 0. The SMILES string of the molecule is NC(=S)c1cccc(C(=O)Nc2ccc3ncsc3c2)c1. The van der Waals surface area contributed by atoms with Gasteiger partial charge in [0.15, 0.2) is 0 Å². The fourth-order valence-corrected chi connectivity index (χ4v) is 2.79. The minimum Gasteiger partial charge on any atom is -0.389 e. The lowest BCUT2D eigenvalue weighted by molar-refractivity contribution is 0.102. The van der Waals surface area contributed by atoms with Gasteiger partial charge in [-0.1, -0.05) is 24.4 Å². The van der Waals surface area contributed by atoms with Crippen LogP contribution >= 0.6 is 23.6 Å². The van der Waals surface area contributed by atoms with Crippen LogP contribution < -0.4 is 11.1 Å². The molecule has 0 saturated heterocycles. The summed E-state index contributed by atoms with van der Waals surface area (Å²) in [6.07, 6.45) is 0. The molecule has 0 atom stereocenters. The standard InChI is InChI=1S/C15H11N3OS2/c16-14(20)9-2-1-3-10(6-9)15(19)18-11-4-5-12-13(7-11)21-8-17-12/h1-8H,(H2,16,20)(H,18,19). The molecule has 0 bridgehead atoms. The third-order valence-corrected chi connectivity index (χ3v) is 4.03. The molecule has 0 spiro atoms. The number of hydrogen-bond donors (Lipinski definition) is 2. The molecule has 0 aliphatic carbocycles. The molecule has 6 heteroatoms. The van der Waals surface area contributed by atoms with E-state index in [1.165, 1.54) is 11.3 Å². The maximum absolute atomic E-state index is 12.3. The second-order valence-corrected chi connectivity index (χ2v) is 5.76. The zero-order chi connectivity index (χ0) is 14.8. The van der Waals surface area contributed by atoms with Crippen molar-refractivity contribution in [3.05, 3.63) is 59.1 Å². The molecular weight excluding hydrogens is 302 g/mol. The summed E-state index contributed by atoms with van der Waals surface area (Å²) >= 11 is 6.46. The van der Waals surface area contributed by atoms with E-state index in [9.17, 15) is 4.79 Å². The van der Waals surface area contributed by atoms with Gasteiger partial charge in [-0.2, -0.15) is 0 Å². The van der Waals surface area contributed by atoms with Gasteiger partial charge >= 0.3 is 0 Å². The van der Waals surface area contributed by atoms with E-state index in [0.29, 0.717) is 11.1 Å². The fourth-order valence-electron chi connectivity index (χ4n) is 1.95. The highest BCUT2D eigenvalue weighted by molar-refractivity contribution is 7.80. The Morgan fingerprint density at radius 1 is 1.19 bits per heavy atom. The molecule has 3 rings (SSSR count). The number of nitrogens with one attached hydrogen (secondary N) is 1. The number of aromatic nitrogens is 1. The van der Waals surface area contributed by atoms with Gasteiger partial charge < -0.3 is 11.1 Å². The Morgan fingerprint density at radius 2 is 2.00 bits per heavy atom. The molecular formula is C15H11N3OS2. The van der Waals surface area contributed by atoms with E-state index >= 15 is 0 Å². The zero-order valence-electron chi connectivity index (χ0n) is 10.9. The predicted octanol–water partition coefficient (Wildman–Crippen LogP) is 3.18. The minimum atomic E-state index is -0.197. The van der Waals surface area contributed by atoms with Gasteiger partial charge in [0.2, 0.25) is 0 Å². The normalized spacial score (nSPS) is 10.5. The Bertz CT molecular complexity index is 842. The first kappa shape index (κ1) is 13.7. The van der Waals surface area contributed by atoms with E-state index in [2.05, 4.69) is 10.3 Å². The van der Waals surface area contributed by atoms with Crippen LogP contribution in [0.2, 0.25) is 0 Å². The van der Waals surface area contributed by atoms with Gasteiger partial charge in [-0.15, -0.1) is 11.3 Å². The minimum absolute atomic E-state index is 0.197. The van der Waals surface area contributed by atoms with Crippen LogP contribution in [0.4, 0.5) is 5.69 Å². The van der Waals surface area contributed by atoms with Crippen molar-refractivity contribution in [1.82, 2.24) is 4.98 Å². The molecule has 104 valence electrons. The van der Waals surface area contributed by atoms with Crippen LogP contribution in [0, 0.1) is 0 Å². The number of rotatable bonds is 3. The Labute approximate surface area is 130 Å². The van der Waals surface area contributed by atoms with E-state index in [-0.39, 0.29) is 10.9 Å². The number of thiocarbonyl (C=S) groups is 1. The van der Waals surface area contributed by atoms with E-state index in [4.69, 9.17) is 18.0 Å². The van der Waals surface area contributed by atoms with Crippen molar-refractivity contribution in [3.63, 3.8) is 0 Å². The lowest BCUT2D eigenvalue weighted by atomic mass is 10.1. The molecule has 1 heterocycles. The van der Waals surface area contributed by atoms with Crippen molar-refractivity contribution >= 4 is 50.4 Å². The van der Waals surface area contributed by atoms with E-state index in [1.807, 2.05) is 18.2 Å². The Hall–Kier alpha value is -2.31. The molecule has 0 saturated carbocycles. The number of thiazole rings is 1. The smallest absolute Gasteiger partial charge is 0.255 e. The number of fused-ring (bicyclic) bond motifs is 1. The number of benzene rings is 2. The van der Waals surface area contributed by atoms with E-state index < -0.39 is 0 Å². The molecule has 1 amide bonds. The van der Waals surface area contributed by atoms with Crippen molar-refractivity contribution in [1.29, 1.82) is 0 Å². The molecule has 0 radical (unpaired) electrons. The van der Waals surface area contributed by atoms with Gasteiger partial charge in [-0.05, 0) is 30.3 Å². The van der Waals surface area contributed by atoms with Crippen LogP contribution in [0.15, 0.2) is 48.0 Å². The Balaban J connectivity index is 1.85. The maximum Gasteiger partial charge on any atom is 0.255 e. The van der Waals surface area contributed by atoms with Crippen LogP contribution in [0.3, 0.4) is 0 Å².